The highest BCUT2D eigenvalue weighted by atomic mass is 19.1. The van der Waals surface area contributed by atoms with Crippen LogP contribution in [0, 0.1) is 5.82 Å². The molecule has 1 saturated heterocycles. The molecule has 0 radical (unpaired) electrons. The van der Waals surface area contributed by atoms with Gasteiger partial charge in [0.1, 0.15) is 5.82 Å². The van der Waals surface area contributed by atoms with Gasteiger partial charge in [0, 0.05) is 56.2 Å². The summed E-state index contributed by atoms with van der Waals surface area (Å²) in [7, 11) is 0. The third kappa shape index (κ3) is 4.05. The molecule has 1 amide bonds. The molecule has 2 aromatic rings. The predicted molar refractivity (Wildman–Crippen MR) is 99.9 cm³/mol. The molecule has 0 spiro atoms. The quantitative estimate of drug-likeness (QED) is 0.766. The standard InChI is InChI=1S/C19H23FN4O2/c20-15-6-4-14(5-7-15)13-22-17-2-1-3-18(16(17)12-21)23-8-10-24(11-9-23)19(25)26/h1-7,22H,8-13,21H2,(H,25,26). The van der Waals surface area contributed by atoms with E-state index in [-0.39, 0.29) is 5.82 Å². The third-order valence-electron chi connectivity index (χ3n) is 4.64. The molecule has 1 heterocycles. The Morgan fingerprint density at radius 1 is 1.12 bits per heavy atom. The number of benzene rings is 2. The van der Waals surface area contributed by atoms with Crippen LogP contribution in [0.25, 0.3) is 0 Å². The molecular weight excluding hydrogens is 335 g/mol. The second kappa shape index (κ2) is 8.05. The fourth-order valence-electron chi connectivity index (χ4n) is 3.19. The number of nitrogens with zero attached hydrogens (tertiary/aromatic N) is 2. The fraction of sp³-hybridized carbons (Fsp3) is 0.316. The van der Waals surface area contributed by atoms with Crippen LogP contribution in [-0.4, -0.2) is 42.3 Å². The molecule has 0 atom stereocenters. The summed E-state index contributed by atoms with van der Waals surface area (Å²) < 4.78 is 13.0. The van der Waals surface area contributed by atoms with E-state index < -0.39 is 6.09 Å². The maximum absolute atomic E-state index is 13.0. The number of halogens is 1. The third-order valence-corrected chi connectivity index (χ3v) is 4.64. The second-order valence-electron chi connectivity index (χ2n) is 6.24. The molecule has 26 heavy (non-hydrogen) atoms. The van der Waals surface area contributed by atoms with Gasteiger partial charge in [-0.3, -0.25) is 0 Å². The zero-order valence-corrected chi connectivity index (χ0v) is 14.5. The lowest BCUT2D eigenvalue weighted by molar-refractivity contribution is 0.142. The number of anilines is 2. The normalized spacial score (nSPS) is 14.4. The molecule has 0 bridgehead atoms. The van der Waals surface area contributed by atoms with Crippen LogP contribution in [0.2, 0.25) is 0 Å². The minimum Gasteiger partial charge on any atom is -0.465 e. The molecule has 1 fully saturated rings. The van der Waals surface area contributed by atoms with Gasteiger partial charge in [-0.2, -0.15) is 0 Å². The smallest absolute Gasteiger partial charge is 0.407 e. The second-order valence-corrected chi connectivity index (χ2v) is 6.24. The Morgan fingerprint density at radius 3 is 2.42 bits per heavy atom. The van der Waals surface area contributed by atoms with E-state index in [1.807, 2.05) is 18.2 Å². The van der Waals surface area contributed by atoms with Gasteiger partial charge < -0.3 is 26.0 Å². The summed E-state index contributed by atoms with van der Waals surface area (Å²) in [5.41, 5.74) is 9.95. The molecule has 6 nitrogen and oxygen atoms in total. The first-order valence-corrected chi connectivity index (χ1v) is 8.61. The molecule has 0 unspecified atom stereocenters. The maximum atomic E-state index is 13.0. The van der Waals surface area contributed by atoms with Crippen molar-refractivity contribution < 1.29 is 14.3 Å². The molecule has 0 aromatic heterocycles. The summed E-state index contributed by atoms with van der Waals surface area (Å²) in [5.74, 6) is -0.251. The molecule has 138 valence electrons. The van der Waals surface area contributed by atoms with Crippen molar-refractivity contribution in [3.05, 3.63) is 59.4 Å². The molecule has 0 aliphatic carbocycles. The number of piperazine rings is 1. The van der Waals surface area contributed by atoms with Crippen molar-refractivity contribution >= 4 is 17.5 Å². The highest BCUT2D eigenvalue weighted by Crippen LogP contribution is 2.28. The summed E-state index contributed by atoms with van der Waals surface area (Å²) in [6.07, 6.45) is -0.876. The van der Waals surface area contributed by atoms with Crippen LogP contribution < -0.4 is 16.0 Å². The van der Waals surface area contributed by atoms with Crippen LogP contribution >= 0.6 is 0 Å². The lowest BCUT2D eigenvalue weighted by atomic mass is 10.1. The van der Waals surface area contributed by atoms with Gasteiger partial charge in [0.15, 0.2) is 0 Å². The number of rotatable bonds is 5. The van der Waals surface area contributed by atoms with Gasteiger partial charge in [-0.25, -0.2) is 9.18 Å². The van der Waals surface area contributed by atoms with Gasteiger partial charge in [0.05, 0.1) is 0 Å². The van der Waals surface area contributed by atoms with Crippen molar-refractivity contribution in [1.29, 1.82) is 0 Å². The molecule has 3 rings (SSSR count). The number of hydrogen-bond donors (Lipinski definition) is 3. The van der Waals surface area contributed by atoms with E-state index in [1.54, 1.807) is 12.1 Å². The predicted octanol–water partition coefficient (Wildman–Crippen LogP) is 2.70. The van der Waals surface area contributed by atoms with Gasteiger partial charge in [0.25, 0.3) is 0 Å². The van der Waals surface area contributed by atoms with E-state index in [9.17, 15) is 9.18 Å². The van der Waals surface area contributed by atoms with Crippen LogP contribution in [0.15, 0.2) is 42.5 Å². The van der Waals surface area contributed by atoms with Gasteiger partial charge in [-0.15, -0.1) is 0 Å². The summed E-state index contributed by atoms with van der Waals surface area (Å²) >= 11 is 0. The minimum atomic E-state index is -0.876. The molecule has 2 aromatic carbocycles. The van der Waals surface area contributed by atoms with Crippen LogP contribution in [0.4, 0.5) is 20.6 Å². The van der Waals surface area contributed by atoms with Crippen molar-refractivity contribution in [3.8, 4) is 0 Å². The van der Waals surface area contributed by atoms with Crippen LogP contribution in [0.3, 0.4) is 0 Å². The minimum absolute atomic E-state index is 0.251. The lowest BCUT2D eigenvalue weighted by Gasteiger charge is -2.36. The van der Waals surface area contributed by atoms with E-state index in [0.29, 0.717) is 39.3 Å². The Kier molecular flexibility index (Phi) is 5.58. The van der Waals surface area contributed by atoms with E-state index >= 15 is 0 Å². The molecular formula is C19H23FN4O2. The zero-order chi connectivity index (χ0) is 18.5. The monoisotopic (exact) mass is 358 g/mol. The topological polar surface area (TPSA) is 81.8 Å². The molecule has 1 aliphatic rings. The summed E-state index contributed by atoms with van der Waals surface area (Å²) in [6.45, 7) is 3.19. The summed E-state index contributed by atoms with van der Waals surface area (Å²) in [5, 5.41) is 12.5. The van der Waals surface area contributed by atoms with E-state index in [0.717, 1.165) is 22.5 Å². The first-order valence-electron chi connectivity index (χ1n) is 8.61. The van der Waals surface area contributed by atoms with Crippen molar-refractivity contribution in [2.45, 2.75) is 13.1 Å². The van der Waals surface area contributed by atoms with Crippen LogP contribution in [0.1, 0.15) is 11.1 Å². The van der Waals surface area contributed by atoms with Crippen molar-refractivity contribution in [2.75, 3.05) is 36.4 Å². The van der Waals surface area contributed by atoms with Gasteiger partial charge >= 0.3 is 6.09 Å². The van der Waals surface area contributed by atoms with Crippen LogP contribution in [-0.2, 0) is 13.1 Å². The van der Waals surface area contributed by atoms with E-state index in [4.69, 9.17) is 10.8 Å². The van der Waals surface area contributed by atoms with Crippen LogP contribution in [0.5, 0.6) is 0 Å². The number of nitrogens with one attached hydrogen (secondary N) is 1. The molecule has 1 aliphatic heterocycles. The average molecular weight is 358 g/mol. The Labute approximate surface area is 152 Å². The number of carbonyl (C=O) groups is 1. The first kappa shape index (κ1) is 18.0. The van der Waals surface area contributed by atoms with E-state index in [1.165, 1.54) is 17.0 Å². The van der Waals surface area contributed by atoms with Crippen molar-refractivity contribution in [2.24, 2.45) is 5.73 Å². The fourth-order valence-corrected chi connectivity index (χ4v) is 3.19. The average Bonchev–Trinajstić information content (AvgIpc) is 2.67. The van der Waals surface area contributed by atoms with Crippen molar-refractivity contribution in [1.82, 2.24) is 4.90 Å². The molecule has 0 saturated carbocycles. The molecule has 4 N–H and O–H groups in total. The largest absolute Gasteiger partial charge is 0.465 e. The summed E-state index contributed by atoms with van der Waals surface area (Å²) in [4.78, 5) is 14.7. The van der Waals surface area contributed by atoms with E-state index in [2.05, 4.69) is 10.2 Å². The summed E-state index contributed by atoms with van der Waals surface area (Å²) in [6, 6.07) is 12.3. The Balaban J connectivity index is 1.73. The van der Waals surface area contributed by atoms with Crippen molar-refractivity contribution in [3.63, 3.8) is 0 Å². The maximum Gasteiger partial charge on any atom is 0.407 e. The number of amides is 1. The van der Waals surface area contributed by atoms with Gasteiger partial charge in [-0.05, 0) is 29.8 Å². The number of carboxylic acid groups (broad SMARTS) is 1. The Bertz CT molecular complexity index is 759. The highest BCUT2D eigenvalue weighted by Gasteiger charge is 2.22. The molecule has 7 heteroatoms. The lowest BCUT2D eigenvalue weighted by Crippen LogP contribution is -2.48. The number of hydrogen-bond acceptors (Lipinski definition) is 4. The van der Waals surface area contributed by atoms with Gasteiger partial charge in [-0.1, -0.05) is 18.2 Å². The Morgan fingerprint density at radius 2 is 1.81 bits per heavy atom. The first-order chi connectivity index (χ1) is 12.6. The van der Waals surface area contributed by atoms with Gasteiger partial charge in [0.2, 0.25) is 0 Å². The zero-order valence-electron chi connectivity index (χ0n) is 14.5. The Hall–Kier alpha value is -2.80. The number of nitrogens with two attached hydrogens (primary N) is 1. The highest BCUT2D eigenvalue weighted by molar-refractivity contribution is 5.68. The SMILES string of the molecule is NCc1c(NCc2ccc(F)cc2)cccc1N1CCN(C(=O)O)CC1.